The molecule has 0 aromatic carbocycles. The second-order valence-electron chi connectivity index (χ2n) is 2.74. The maximum atomic E-state index is 11.1. The molecule has 0 unspecified atom stereocenters. The lowest BCUT2D eigenvalue weighted by Crippen LogP contribution is -2.28. The number of carbonyl (C=O) groups excluding carboxylic acids is 1. The molecule has 4 nitrogen and oxygen atoms in total. The molecular weight excluding hydrogens is 166 g/mol. The molecule has 0 aliphatic heterocycles. The number of nitrogens with zero attached hydrogens (tertiary/aromatic N) is 1. The first-order valence-electron chi connectivity index (χ1n) is 4.19. The lowest BCUT2D eigenvalue weighted by Gasteiger charge is -2.05. The van der Waals surface area contributed by atoms with Crippen LogP contribution in [0.2, 0.25) is 0 Å². The van der Waals surface area contributed by atoms with E-state index >= 15 is 0 Å². The highest BCUT2D eigenvalue weighted by Gasteiger charge is 1.98. The third kappa shape index (κ3) is 3.11. The molecule has 0 aliphatic rings. The predicted octanol–water partition coefficient (Wildman–Crippen LogP) is 1.53. The molecule has 0 bridgehead atoms. The monoisotopic (exact) mass is 179 g/mol. The van der Waals surface area contributed by atoms with E-state index in [-0.39, 0.29) is 6.03 Å². The largest absolute Gasteiger partial charge is 0.338 e. The Morgan fingerprint density at radius 2 is 2.31 bits per heavy atom. The molecule has 1 aromatic rings. The quantitative estimate of drug-likeness (QED) is 0.723. The van der Waals surface area contributed by atoms with E-state index in [9.17, 15) is 4.79 Å². The van der Waals surface area contributed by atoms with Gasteiger partial charge in [0.1, 0.15) is 0 Å². The van der Waals surface area contributed by atoms with Gasteiger partial charge in [-0.15, -0.1) is 0 Å². The van der Waals surface area contributed by atoms with Crippen molar-refractivity contribution in [3.8, 4) is 0 Å². The summed E-state index contributed by atoms with van der Waals surface area (Å²) < 4.78 is 0. The minimum Gasteiger partial charge on any atom is -0.338 e. The Balaban J connectivity index is 2.58. The highest BCUT2D eigenvalue weighted by Crippen LogP contribution is 2.06. The highest BCUT2D eigenvalue weighted by molar-refractivity contribution is 5.88. The topological polar surface area (TPSA) is 54.0 Å². The van der Waals surface area contributed by atoms with Crippen molar-refractivity contribution in [1.82, 2.24) is 10.3 Å². The fourth-order valence-corrected chi connectivity index (χ4v) is 0.959. The number of rotatable bonds is 2. The van der Waals surface area contributed by atoms with Crippen molar-refractivity contribution >= 4 is 11.7 Å². The number of amides is 2. The third-order valence-corrected chi connectivity index (χ3v) is 1.47. The molecule has 2 N–H and O–H groups in total. The molecule has 13 heavy (non-hydrogen) atoms. The van der Waals surface area contributed by atoms with Gasteiger partial charge in [0.05, 0.1) is 11.9 Å². The van der Waals surface area contributed by atoms with Gasteiger partial charge in [0.25, 0.3) is 0 Å². The van der Waals surface area contributed by atoms with Crippen LogP contribution < -0.4 is 10.6 Å². The second kappa shape index (κ2) is 4.45. The molecule has 70 valence electrons. The maximum absolute atomic E-state index is 11.1. The Kier molecular flexibility index (Phi) is 3.25. The number of aryl methyl sites for hydroxylation is 1. The van der Waals surface area contributed by atoms with Gasteiger partial charge in [-0.1, -0.05) is 0 Å². The maximum Gasteiger partial charge on any atom is 0.319 e. The van der Waals surface area contributed by atoms with Crippen LogP contribution in [0, 0.1) is 6.92 Å². The first-order valence-corrected chi connectivity index (χ1v) is 4.19. The van der Waals surface area contributed by atoms with E-state index in [4.69, 9.17) is 0 Å². The smallest absolute Gasteiger partial charge is 0.319 e. The van der Waals surface area contributed by atoms with E-state index in [0.29, 0.717) is 12.2 Å². The summed E-state index contributed by atoms with van der Waals surface area (Å²) in [6, 6.07) is 1.66. The van der Waals surface area contributed by atoms with Crippen molar-refractivity contribution in [2.75, 3.05) is 11.9 Å². The minimum atomic E-state index is -0.199. The molecule has 0 spiro atoms. The Labute approximate surface area is 77.4 Å². The summed E-state index contributed by atoms with van der Waals surface area (Å²) in [6.07, 6.45) is 3.35. The van der Waals surface area contributed by atoms with Gasteiger partial charge in [-0.05, 0) is 25.5 Å². The zero-order chi connectivity index (χ0) is 9.68. The molecule has 0 saturated heterocycles. The fraction of sp³-hybridized carbons (Fsp3) is 0.333. The third-order valence-electron chi connectivity index (χ3n) is 1.47. The van der Waals surface area contributed by atoms with Crippen LogP contribution in [0.15, 0.2) is 18.5 Å². The van der Waals surface area contributed by atoms with Crippen molar-refractivity contribution < 1.29 is 4.79 Å². The molecule has 0 fully saturated rings. The van der Waals surface area contributed by atoms with Crippen molar-refractivity contribution in [1.29, 1.82) is 0 Å². The lowest BCUT2D eigenvalue weighted by atomic mass is 10.3. The summed E-state index contributed by atoms with van der Waals surface area (Å²) in [5.74, 6) is 0. The van der Waals surface area contributed by atoms with E-state index in [1.165, 1.54) is 0 Å². The normalized spacial score (nSPS) is 9.38. The zero-order valence-corrected chi connectivity index (χ0v) is 7.79. The van der Waals surface area contributed by atoms with Crippen LogP contribution in [0.4, 0.5) is 10.5 Å². The Morgan fingerprint density at radius 1 is 1.54 bits per heavy atom. The molecule has 0 aliphatic carbocycles. The summed E-state index contributed by atoms with van der Waals surface area (Å²) in [5, 5.41) is 5.31. The van der Waals surface area contributed by atoms with E-state index in [1.54, 1.807) is 12.4 Å². The van der Waals surface area contributed by atoms with Crippen LogP contribution in [0.1, 0.15) is 12.5 Å². The van der Waals surface area contributed by atoms with Crippen LogP contribution in [-0.2, 0) is 0 Å². The first kappa shape index (κ1) is 9.51. The number of carbonyl (C=O) groups is 1. The summed E-state index contributed by atoms with van der Waals surface area (Å²) in [5.41, 5.74) is 1.74. The fourth-order valence-electron chi connectivity index (χ4n) is 0.959. The van der Waals surface area contributed by atoms with E-state index in [0.717, 1.165) is 5.56 Å². The number of nitrogens with one attached hydrogen (secondary N) is 2. The Hall–Kier alpha value is -1.58. The summed E-state index contributed by atoms with van der Waals surface area (Å²) in [6.45, 7) is 4.41. The summed E-state index contributed by atoms with van der Waals surface area (Å²) >= 11 is 0. The number of hydrogen-bond acceptors (Lipinski definition) is 2. The van der Waals surface area contributed by atoms with E-state index in [1.807, 2.05) is 19.9 Å². The van der Waals surface area contributed by atoms with Crippen molar-refractivity contribution in [2.24, 2.45) is 0 Å². The van der Waals surface area contributed by atoms with Gasteiger partial charge in [0.2, 0.25) is 0 Å². The van der Waals surface area contributed by atoms with E-state index < -0.39 is 0 Å². The molecule has 2 amide bonds. The van der Waals surface area contributed by atoms with Crippen molar-refractivity contribution in [3.05, 3.63) is 24.0 Å². The number of pyridine rings is 1. The van der Waals surface area contributed by atoms with Gasteiger partial charge in [-0.25, -0.2) is 4.79 Å². The standard InChI is InChI=1S/C9H13N3O/c1-3-11-9(13)12-8-4-7(2)5-10-6-8/h4-6H,3H2,1-2H3,(H2,11,12,13). The molecule has 0 atom stereocenters. The first-order chi connectivity index (χ1) is 6.22. The molecule has 0 saturated carbocycles. The lowest BCUT2D eigenvalue weighted by molar-refractivity contribution is 0.252. The van der Waals surface area contributed by atoms with Gasteiger partial charge in [0.15, 0.2) is 0 Å². The Morgan fingerprint density at radius 3 is 2.92 bits per heavy atom. The zero-order valence-electron chi connectivity index (χ0n) is 7.79. The summed E-state index contributed by atoms with van der Waals surface area (Å²) in [4.78, 5) is 15.0. The minimum absolute atomic E-state index is 0.199. The molecule has 1 aromatic heterocycles. The summed E-state index contributed by atoms with van der Waals surface area (Å²) in [7, 11) is 0. The second-order valence-corrected chi connectivity index (χ2v) is 2.74. The molecule has 0 radical (unpaired) electrons. The molecule has 1 heterocycles. The molecule has 4 heteroatoms. The number of anilines is 1. The van der Waals surface area contributed by atoms with Crippen LogP contribution in [0.5, 0.6) is 0 Å². The van der Waals surface area contributed by atoms with Crippen molar-refractivity contribution in [3.63, 3.8) is 0 Å². The van der Waals surface area contributed by atoms with Crippen LogP contribution >= 0.6 is 0 Å². The van der Waals surface area contributed by atoms with Gasteiger partial charge >= 0.3 is 6.03 Å². The van der Waals surface area contributed by atoms with Crippen LogP contribution in [0.25, 0.3) is 0 Å². The van der Waals surface area contributed by atoms with Gasteiger partial charge in [0, 0.05) is 12.7 Å². The average molecular weight is 179 g/mol. The average Bonchev–Trinajstić information content (AvgIpc) is 2.04. The van der Waals surface area contributed by atoms with E-state index in [2.05, 4.69) is 15.6 Å². The van der Waals surface area contributed by atoms with Crippen LogP contribution in [0.3, 0.4) is 0 Å². The molecule has 1 rings (SSSR count). The molecular formula is C9H13N3O. The number of urea groups is 1. The van der Waals surface area contributed by atoms with Gasteiger partial charge in [-0.3, -0.25) is 4.98 Å². The Bertz CT molecular complexity index is 299. The SMILES string of the molecule is CCNC(=O)Nc1cncc(C)c1. The van der Waals surface area contributed by atoms with Crippen molar-refractivity contribution in [2.45, 2.75) is 13.8 Å². The van der Waals surface area contributed by atoms with Crippen LogP contribution in [-0.4, -0.2) is 17.6 Å². The van der Waals surface area contributed by atoms with Gasteiger partial charge in [-0.2, -0.15) is 0 Å². The number of hydrogen-bond donors (Lipinski definition) is 2. The predicted molar refractivity (Wildman–Crippen MR) is 51.7 cm³/mol. The highest BCUT2D eigenvalue weighted by atomic mass is 16.2. The number of aromatic nitrogens is 1. The van der Waals surface area contributed by atoms with Gasteiger partial charge < -0.3 is 10.6 Å².